The van der Waals surface area contributed by atoms with Crippen molar-refractivity contribution < 1.29 is 0 Å². The lowest BCUT2D eigenvalue weighted by Gasteiger charge is -2.26. The van der Waals surface area contributed by atoms with Gasteiger partial charge in [0.15, 0.2) is 0 Å². The minimum atomic E-state index is 0.549. The van der Waals surface area contributed by atoms with E-state index in [9.17, 15) is 0 Å². The van der Waals surface area contributed by atoms with E-state index in [0.717, 1.165) is 12.5 Å². The monoisotopic (exact) mass is 246 g/mol. The number of benzene rings is 1. The molecule has 1 aromatic rings. The Hall–Kier alpha value is -0.860. The highest BCUT2D eigenvalue weighted by Crippen LogP contribution is 2.29. The van der Waals surface area contributed by atoms with Crippen LogP contribution in [-0.4, -0.2) is 31.6 Å². The summed E-state index contributed by atoms with van der Waals surface area (Å²) in [6.45, 7) is 10.4. The molecule has 1 fully saturated rings. The van der Waals surface area contributed by atoms with Gasteiger partial charge in [-0.05, 0) is 64.4 Å². The summed E-state index contributed by atoms with van der Waals surface area (Å²) in [6.07, 6.45) is 1.33. The lowest BCUT2D eigenvalue weighted by molar-refractivity contribution is 0.251. The van der Waals surface area contributed by atoms with E-state index >= 15 is 0 Å². The molecule has 0 bridgehead atoms. The molecule has 1 saturated heterocycles. The van der Waals surface area contributed by atoms with Crippen LogP contribution < -0.4 is 5.32 Å². The second-order valence-electron chi connectivity index (χ2n) is 5.74. The standard InChI is InChI=1S/C16H26N2/c1-12-5-6-16(13(2)9-12)14(3)18-8-7-15(11-18)10-17-4/h5-6,9,14-15,17H,7-8,10-11H2,1-4H3. The Balaban J connectivity index is 2.05. The van der Waals surface area contributed by atoms with Gasteiger partial charge in [0, 0.05) is 12.6 Å². The van der Waals surface area contributed by atoms with Crippen molar-refractivity contribution >= 4 is 0 Å². The molecule has 2 rings (SSSR count). The molecule has 2 atom stereocenters. The van der Waals surface area contributed by atoms with Crippen molar-refractivity contribution in [3.63, 3.8) is 0 Å². The predicted molar refractivity (Wildman–Crippen MR) is 77.9 cm³/mol. The van der Waals surface area contributed by atoms with Crippen molar-refractivity contribution in [1.29, 1.82) is 0 Å². The van der Waals surface area contributed by atoms with Crippen molar-refractivity contribution in [3.05, 3.63) is 34.9 Å². The Morgan fingerprint density at radius 3 is 2.83 bits per heavy atom. The van der Waals surface area contributed by atoms with Crippen LogP contribution in [0.1, 0.15) is 36.1 Å². The number of nitrogens with one attached hydrogen (secondary N) is 1. The van der Waals surface area contributed by atoms with E-state index in [1.54, 1.807) is 0 Å². The summed E-state index contributed by atoms with van der Waals surface area (Å²) in [4.78, 5) is 2.62. The van der Waals surface area contributed by atoms with E-state index in [1.165, 1.54) is 36.2 Å². The zero-order valence-corrected chi connectivity index (χ0v) is 12.2. The lowest BCUT2D eigenvalue weighted by Crippen LogP contribution is -2.27. The Labute approximate surface area is 111 Å². The molecule has 1 aliphatic rings. The quantitative estimate of drug-likeness (QED) is 0.879. The number of nitrogens with zero attached hydrogens (tertiary/aromatic N) is 1. The Bertz CT molecular complexity index is 400. The first kappa shape index (κ1) is 13.6. The maximum Gasteiger partial charge on any atom is 0.0322 e. The molecule has 18 heavy (non-hydrogen) atoms. The van der Waals surface area contributed by atoms with E-state index in [2.05, 4.69) is 56.2 Å². The highest BCUT2D eigenvalue weighted by molar-refractivity contribution is 5.32. The fraction of sp³-hybridized carbons (Fsp3) is 0.625. The Morgan fingerprint density at radius 2 is 2.17 bits per heavy atom. The first-order chi connectivity index (χ1) is 8.61. The van der Waals surface area contributed by atoms with Gasteiger partial charge in [-0.1, -0.05) is 23.8 Å². The van der Waals surface area contributed by atoms with Gasteiger partial charge in [-0.2, -0.15) is 0 Å². The molecular weight excluding hydrogens is 220 g/mol. The summed E-state index contributed by atoms with van der Waals surface area (Å²) >= 11 is 0. The minimum Gasteiger partial charge on any atom is -0.319 e. The van der Waals surface area contributed by atoms with E-state index in [-0.39, 0.29) is 0 Å². The van der Waals surface area contributed by atoms with E-state index < -0.39 is 0 Å². The maximum absolute atomic E-state index is 3.30. The van der Waals surface area contributed by atoms with Crippen LogP contribution in [0.15, 0.2) is 18.2 Å². The second kappa shape index (κ2) is 5.85. The number of hydrogen-bond donors (Lipinski definition) is 1. The number of rotatable bonds is 4. The van der Waals surface area contributed by atoms with E-state index in [0.29, 0.717) is 6.04 Å². The van der Waals surface area contributed by atoms with Gasteiger partial charge in [0.05, 0.1) is 0 Å². The number of likely N-dealkylation sites (tertiary alicyclic amines) is 1. The topological polar surface area (TPSA) is 15.3 Å². The summed E-state index contributed by atoms with van der Waals surface area (Å²) < 4.78 is 0. The van der Waals surface area contributed by atoms with Crippen LogP contribution in [0.25, 0.3) is 0 Å². The van der Waals surface area contributed by atoms with Gasteiger partial charge in [-0.15, -0.1) is 0 Å². The van der Waals surface area contributed by atoms with Gasteiger partial charge >= 0.3 is 0 Å². The van der Waals surface area contributed by atoms with Gasteiger partial charge in [0.1, 0.15) is 0 Å². The van der Waals surface area contributed by atoms with Gasteiger partial charge < -0.3 is 5.32 Å². The molecular formula is C16H26N2. The maximum atomic E-state index is 3.30. The Morgan fingerprint density at radius 1 is 1.39 bits per heavy atom. The van der Waals surface area contributed by atoms with Crippen LogP contribution in [0.4, 0.5) is 0 Å². The third kappa shape index (κ3) is 2.93. The zero-order valence-electron chi connectivity index (χ0n) is 12.2. The van der Waals surface area contributed by atoms with Crippen LogP contribution in [0, 0.1) is 19.8 Å². The van der Waals surface area contributed by atoms with Crippen LogP contribution in [0.3, 0.4) is 0 Å². The molecule has 2 unspecified atom stereocenters. The highest BCUT2D eigenvalue weighted by atomic mass is 15.2. The fourth-order valence-electron chi connectivity index (χ4n) is 3.16. The molecule has 0 saturated carbocycles. The van der Waals surface area contributed by atoms with Crippen molar-refractivity contribution in [2.45, 2.75) is 33.2 Å². The van der Waals surface area contributed by atoms with Crippen molar-refractivity contribution in [1.82, 2.24) is 10.2 Å². The van der Waals surface area contributed by atoms with E-state index in [4.69, 9.17) is 0 Å². The predicted octanol–water partition coefficient (Wildman–Crippen LogP) is 2.91. The fourth-order valence-corrected chi connectivity index (χ4v) is 3.16. The molecule has 1 aliphatic heterocycles. The first-order valence-corrected chi connectivity index (χ1v) is 7.07. The lowest BCUT2D eigenvalue weighted by atomic mass is 9.99. The molecule has 0 spiro atoms. The zero-order chi connectivity index (χ0) is 13.1. The Kier molecular flexibility index (Phi) is 4.41. The third-order valence-electron chi connectivity index (χ3n) is 4.23. The summed E-state index contributed by atoms with van der Waals surface area (Å²) in [6, 6.07) is 7.39. The molecule has 0 aliphatic carbocycles. The van der Waals surface area contributed by atoms with Gasteiger partial charge in [0.2, 0.25) is 0 Å². The van der Waals surface area contributed by atoms with Gasteiger partial charge in [-0.25, -0.2) is 0 Å². The molecule has 2 heteroatoms. The molecule has 1 aromatic carbocycles. The van der Waals surface area contributed by atoms with Crippen LogP contribution in [-0.2, 0) is 0 Å². The van der Waals surface area contributed by atoms with Gasteiger partial charge in [-0.3, -0.25) is 4.90 Å². The summed E-state index contributed by atoms with van der Waals surface area (Å²) in [5, 5.41) is 3.30. The molecule has 0 amide bonds. The number of aryl methyl sites for hydroxylation is 2. The first-order valence-electron chi connectivity index (χ1n) is 7.07. The summed E-state index contributed by atoms with van der Waals surface area (Å²) in [5.41, 5.74) is 4.28. The molecule has 100 valence electrons. The minimum absolute atomic E-state index is 0.549. The van der Waals surface area contributed by atoms with Gasteiger partial charge in [0.25, 0.3) is 0 Å². The molecule has 1 heterocycles. The SMILES string of the molecule is CNCC1CCN(C(C)c2ccc(C)cc2C)C1. The average Bonchev–Trinajstić information content (AvgIpc) is 2.77. The van der Waals surface area contributed by atoms with Crippen LogP contribution >= 0.6 is 0 Å². The molecule has 0 aromatic heterocycles. The molecule has 0 radical (unpaired) electrons. The van der Waals surface area contributed by atoms with Crippen LogP contribution in [0.2, 0.25) is 0 Å². The third-order valence-corrected chi connectivity index (χ3v) is 4.23. The van der Waals surface area contributed by atoms with Crippen molar-refractivity contribution in [2.75, 3.05) is 26.7 Å². The molecule has 1 N–H and O–H groups in total. The highest BCUT2D eigenvalue weighted by Gasteiger charge is 2.26. The second-order valence-corrected chi connectivity index (χ2v) is 5.74. The average molecular weight is 246 g/mol. The van der Waals surface area contributed by atoms with Crippen molar-refractivity contribution in [2.24, 2.45) is 5.92 Å². The molecule has 2 nitrogen and oxygen atoms in total. The largest absolute Gasteiger partial charge is 0.319 e. The smallest absolute Gasteiger partial charge is 0.0322 e. The summed E-state index contributed by atoms with van der Waals surface area (Å²) in [7, 11) is 2.05. The van der Waals surface area contributed by atoms with Crippen molar-refractivity contribution in [3.8, 4) is 0 Å². The van der Waals surface area contributed by atoms with E-state index in [1.807, 2.05) is 0 Å². The summed E-state index contributed by atoms with van der Waals surface area (Å²) in [5.74, 6) is 0.822. The number of hydrogen-bond acceptors (Lipinski definition) is 2. The van der Waals surface area contributed by atoms with Crippen LogP contribution in [0.5, 0.6) is 0 Å². The normalized spacial score (nSPS) is 22.3.